The molecule has 0 unspecified atom stereocenters. The zero-order valence-electron chi connectivity index (χ0n) is 12.1. The summed E-state index contributed by atoms with van der Waals surface area (Å²) in [6.45, 7) is 4.69. The summed E-state index contributed by atoms with van der Waals surface area (Å²) in [6, 6.07) is 8.03. The smallest absolute Gasteiger partial charge is 0.260 e. The van der Waals surface area contributed by atoms with Gasteiger partial charge >= 0.3 is 0 Å². The molecule has 0 saturated carbocycles. The number of benzene rings is 1. The summed E-state index contributed by atoms with van der Waals surface area (Å²) < 4.78 is 5.63. The Labute approximate surface area is 123 Å². The van der Waals surface area contributed by atoms with Gasteiger partial charge in [-0.25, -0.2) is 0 Å². The number of rotatable bonds is 5. The molecule has 4 heteroatoms. The van der Waals surface area contributed by atoms with E-state index in [1.165, 1.54) is 0 Å². The van der Waals surface area contributed by atoms with Crippen LogP contribution in [0.1, 0.15) is 16.7 Å². The molecule has 0 fully saturated rings. The SMILES string of the molecule is Cc1ccc(C)c(OCC(=O)N(C)Cc2ccsc2)c1. The van der Waals surface area contributed by atoms with Crippen LogP contribution in [0.4, 0.5) is 0 Å². The molecule has 1 amide bonds. The minimum Gasteiger partial charge on any atom is -0.483 e. The Morgan fingerprint density at radius 1 is 1.30 bits per heavy atom. The van der Waals surface area contributed by atoms with Crippen molar-refractivity contribution in [3.8, 4) is 5.75 Å². The van der Waals surface area contributed by atoms with Crippen LogP contribution in [0, 0.1) is 13.8 Å². The lowest BCUT2D eigenvalue weighted by molar-refractivity contribution is -0.132. The van der Waals surface area contributed by atoms with Crippen molar-refractivity contribution >= 4 is 17.2 Å². The molecule has 2 rings (SSSR count). The molecule has 0 radical (unpaired) electrons. The number of carbonyl (C=O) groups excluding carboxylic acids is 1. The van der Waals surface area contributed by atoms with Crippen LogP contribution in [-0.2, 0) is 11.3 Å². The molecular weight excluding hydrogens is 270 g/mol. The van der Waals surface area contributed by atoms with E-state index in [-0.39, 0.29) is 12.5 Å². The molecule has 2 aromatic rings. The van der Waals surface area contributed by atoms with Crippen LogP contribution < -0.4 is 4.74 Å². The Hall–Kier alpha value is -1.81. The van der Waals surface area contributed by atoms with E-state index in [0.717, 1.165) is 22.4 Å². The molecule has 20 heavy (non-hydrogen) atoms. The lowest BCUT2D eigenvalue weighted by Gasteiger charge is -2.17. The summed E-state index contributed by atoms with van der Waals surface area (Å²) in [5.74, 6) is 0.763. The minimum absolute atomic E-state index is 0.0166. The fourth-order valence-electron chi connectivity index (χ4n) is 1.86. The Morgan fingerprint density at radius 3 is 2.80 bits per heavy atom. The summed E-state index contributed by atoms with van der Waals surface area (Å²) >= 11 is 1.64. The number of thiophene rings is 1. The predicted octanol–water partition coefficient (Wildman–Crippen LogP) is 3.40. The molecule has 0 N–H and O–H groups in total. The number of amides is 1. The van der Waals surface area contributed by atoms with E-state index in [1.54, 1.807) is 23.3 Å². The van der Waals surface area contributed by atoms with Crippen LogP contribution in [0.2, 0.25) is 0 Å². The molecule has 1 heterocycles. The van der Waals surface area contributed by atoms with E-state index in [2.05, 4.69) is 5.38 Å². The summed E-state index contributed by atoms with van der Waals surface area (Å²) in [4.78, 5) is 13.7. The maximum Gasteiger partial charge on any atom is 0.260 e. The molecular formula is C16H19NO2S. The molecule has 1 aromatic carbocycles. The van der Waals surface area contributed by atoms with E-state index in [4.69, 9.17) is 4.74 Å². The first kappa shape index (κ1) is 14.6. The maximum atomic E-state index is 12.0. The van der Waals surface area contributed by atoms with Gasteiger partial charge in [0.15, 0.2) is 6.61 Å². The van der Waals surface area contributed by atoms with Crippen molar-refractivity contribution in [1.29, 1.82) is 0 Å². The van der Waals surface area contributed by atoms with Gasteiger partial charge < -0.3 is 9.64 Å². The second-order valence-electron chi connectivity index (χ2n) is 4.94. The van der Waals surface area contributed by atoms with Crippen LogP contribution in [0.5, 0.6) is 5.75 Å². The molecule has 0 saturated heterocycles. The molecule has 0 spiro atoms. The van der Waals surface area contributed by atoms with Crippen molar-refractivity contribution in [2.24, 2.45) is 0 Å². The Kier molecular flexibility index (Phi) is 4.79. The van der Waals surface area contributed by atoms with Gasteiger partial charge in [-0.15, -0.1) is 0 Å². The number of nitrogens with zero attached hydrogens (tertiary/aromatic N) is 1. The molecule has 0 bridgehead atoms. The van der Waals surface area contributed by atoms with Crippen LogP contribution >= 0.6 is 11.3 Å². The zero-order chi connectivity index (χ0) is 14.5. The number of aryl methyl sites for hydroxylation is 2. The van der Waals surface area contributed by atoms with Crippen molar-refractivity contribution in [2.75, 3.05) is 13.7 Å². The Balaban J connectivity index is 1.89. The van der Waals surface area contributed by atoms with Crippen LogP contribution in [-0.4, -0.2) is 24.5 Å². The number of ether oxygens (including phenoxy) is 1. The largest absolute Gasteiger partial charge is 0.483 e. The molecule has 0 aliphatic heterocycles. The van der Waals surface area contributed by atoms with Gasteiger partial charge in [0.1, 0.15) is 5.75 Å². The van der Waals surface area contributed by atoms with Crippen LogP contribution in [0.25, 0.3) is 0 Å². The van der Waals surface area contributed by atoms with Crippen molar-refractivity contribution in [2.45, 2.75) is 20.4 Å². The van der Waals surface area contributed by atoms with Crippen molar-refractivity contribution in [1.82, 2.24) is 4.90 Å². The average Bonchev–Trinajstić information content (AvgIpc) is 2.92. The molecule has 0 atom stereocenters. The quantitative estimate of drug-likeness (QED) is 0.844. The van der Waals surface area contributed by atoms with E-state index >= 15 is 0 Å². The minimum atomic E-state index is -0.0166. The van der Waals surface area contributed by atoms with Gasteiger partial charge in [0.05, 0.1) is 0 Å². The van der Waals surface area contributed by atoms with Gasteiger partial charge in [-0.3, -0.25) is 4.79 Å². The van der Waals surface area contributed by atoms with Gasteiger partial charge in [0, 0.05) is 13.6 Å². The molecule has 0 aliphatic rings. The molecule has 106 valence electrons. The van der Waals surface area contributed by atoms with E-state index in [0.29, 0.717) is 6.54 Å². The van der Waals surface area contributed by atoms with Gasteiger partial charge in [0.2, 0.25) is 0 Å². The van der Waals surface area contributed by atoms with Gasteiger partial charge in [-0.1, -0.05) is 12.1 Å². The molecule has 1 aromatic heterocycles. The second kappa shape index (κ2) is 6.57. The molecule has 3 nitrogen and oxygen atoms in total. The predicted molar refractivity (Wildman–Crippen MR) is 82.2 cm³/mol. The van der Waals surface area contributed by atoms with E-state index in [9.17, 15) is 4.79 Å². The van der Waals surface area contributed by atoms with Gasteiger partial charge in [0.25, 0.3) is 5.91 Å². The third kappa shape index (κ3) is 3.84. The van der Waals surface area contributed by atoms with Crippen LogP contribution in [0.3, 0.4) is 0 Å². The Morgan fingerprint density at radius 2 is 2.10 bits per heavy atom. The lowest BCUT2D eigenvalue weighted by Crippen LogP contribution is -2.30. The second-order valence-corrected chi connectivity index (χ2v) is 5.72. The summed E-state index contributed by atoms with van der Waals surface area (Å²) in [7, 11) is 1.80. The molecule has 0 aliphatic carbocycles. The van der Waals surface area contributed by atoms with Crippen molar-refractivity contribution in [3.05, 3.63) is 51.7 Å². The topological polar surface area (TPSA) is 29.5 Å². The van der Waals surface area contributed by atoms with Gasteiger partial charge in [-0.05, 0) is 53.4 Å². The first-order chi connectivity index (χ1) is 9.56. The highest BCUT2D eigenvalue weighted by Gasteiger charge is 2.11. The average molecular weight is 289 g/mol. The lowest BCUT2D eigenvalue weighted by atomic mass is 10.1. The highest BCUT2D eigenvalue weighted by atomic mass is 32.1. The van der Waals surface area contributed by atoms with Gasteiger partial charge in [-0.2, -0.15) is 11.3 Å². The van der Waals surface area contributed by atoms with Crippen molar-refractivity contribution < 1.29 is 9.53 Å². The number of hydrogen-bond acceptors (Lipinski definition) is 3. The normalized spacial score (nSPS) is 10.3. The zero-order valence-corrected chi connectivity index (χ0v) is 12.9. The third-order valence-corrected chi connectivity index (χ3v) is 3.85. The fraction of sp³-hybridized carbons (Fsp3) is 0.312. The first-order valence-corrected chi connectivity index (χ1v) is 7.45. The maximum absolute atomic E-state index is 12.0. The monoisotopic (exact) mass is 289 g/mol. The van der Waals surface area contributed by atoms with E-state index < -0.39 is 0 Å². The standard InChI is InChI=1S/C16H19NO2S/c1-12-4-5-13(2)15(8-12)19-10-16(18)17(3)9-14-6-7-20-11-14/h4-8,11H,9-10H2,1-3H3. The number of likely N-dealkylation sites (N-methyl/N-ethyl adjacent to an activating group) is 1. The highest BCUT2D eigenvalue weighted by molar-refractivity contribution is 7.07. The number of carbonyl (C=O) groups is 1. The first-order valence-electron chi connectivity index (χ1n) is 6.51. The summed E-state index contributed by atoms with van der Waals surface area (Å²) in [6.07, 6.45) is 0. The summed E-state index contributed by atoms with van der Waals surface area (Å²) in [5.41, 5.74) is 3.33. The van der Waals surface area contributed by atoms with E-state index in [1.807, 2.05) is 43.5 Å². The third-order valence-electron chi connectivity index (χ3n) is 3.12. The fourth-order valence-corrected chi connectivity index (χ4v) is 2.52. The number of hydrogen-bond donors (Lipinski definition) is 0. The van der Waals surface area contributed by atoms with Crippen molar-refractivity contribution in [3.63, 3.8) is 0 Å². The Bertz CT molecular complexity index is 578. The summed E-state index contributed by atoms with van der Waals surface area (Å²) in [5, 5.41) is 4.07. The highest BCUT2D eigenvalue weighted by Crippen LogP contribution is 2.19. The van der Waals surface area contributed by atoms with Crippen LogP contribution in [0.15, 0.2) is 35.0 Å².